The molecule has 4 fully saturated rings. The average molecular weight is 562 g/mol. The Hall–Kier alpha value is -2.65. The van der Waals surface area contributed by atoms with Gasteiger partial charge in [0.2, 0.25) is 0 Å². The van der Waals surface area contributed by atoms with Crippen molar-refractivity contribution in [3.8, 4) is 5.75 Å². The van der Waals surface area contributed by atoms with Crippen LogP contribution in [0.1, 0.15) is 77.7 Å². The molecular weight excluding hydrogens is 514 g/mol. The number of aryl methyl sites for hydroxylation is 1. The second-order valence-electron chi connectivity index (χ2n) is 12.4. The summed E-state index contributed by atoms with van der Waals surface area (Å²) in [5.41, 5.74) is 5.21. The summed E-state index contributed by atoms with van der Waals surface area (Å²) in [7, 11) is 0. The lowest BCUT2D eigenvalue weighted by molar-refractivity contribution is -0.0241. The fraction of sp³-hybridized carbons (Fsp3) is 0.606. The van der Waals surface area contributed by atoms with Crippen molar-refractivity contribution in [2.75, 3.05) is 70.3 Å². The first-order valence-electron chi connectivity index (χ1n) is 15.8. The molecule has 1 saturated carbocycles. The zero-order valence-corrected chi connectivity index (χ0v) is 24.6. The smallest absolute Gasteiger partial charge is 0.254 e. The standard InChI is InChI=1S/C33H47N5O3/c1-24-19-27(21-28(20-24)36-13-11-34-12-14-36)33(40)38-17-15-37(16-18-38)32(39)26-7-8-31(41-29-9-10-35-23-29)30(22-26)25-5-3-2-4-6-25/h7-8,19-22,25,29,32,34-35,39H,2-6,9-18,23H2,1H3/t29-,32?/m0/s1. The molecule has 222 valence electrons. The van der Waals surface area contributed by atoms with E-state index in [2.05, 4.69) is 51.6 Å². The Kier molecular flexibility index (Phi) is 9.10. The molecule has 0 radical (unpaired) electrons. The van der Waals surface area contributed by atoms with Gasteiger partial charge in [0.15, 0.2) is 0 Å². The van der Waals surface area contributed by atoms with Gasteiger partial charge in [0.25, 0.3) is 5.91 Å². The Balaban J connectivity index is 1.12. The van der Waals surface area contributed by atoms with Crippen LogP contribution in [-0.2, 0) is 0 Å². The van der Waals surface area contributed by atoms with E-state index in [1.165, 1.54) is 37.7 Å². The van der Waals surface area contributed by atoms with E-state index in [1.54, 1.807) is 0 Å². The molecule has 0 bridgehead atoms. The number of benzene rings is 2. The lowest BCUT2D eigenvalue weighted by atomic mass is 9.83. The van der Waals surface area contributed by atoms with Crippen LogP contribution in [0.25, 0.3) is 0 Å². The van der Waals surface area contributed by atoms with E-state index in [9.17, 15) is 9.90 Å². The molecule has 0 aromatic heterocycles. The van der Waals surface area contributed by atoms with Gasteiger partial charge in [-0.15, -0.1) is 0 Å². The van der Waals surface area contributed by atoms with E-state index >= 15 is 0 Å². The largest absolute Gasteiger partial charge is 0.489 e. The zero-order chi connectivity index (χ0) is 28.2. The number of aliphatic hydroxyl groups excluding tert-OH is 1. The van der Waals surface area contributed by atoms with E-state index in [4.69, 9.17) is 4.74 Å². The third kappa shape index (κ3) is 6.72. The van der Waals surface area contributed by atoms with Crippen molar-refractivity contribution in [2.45, 2.75) is 63.7 Å². The Labute approximate surface area is 245 Å². The molecule has 1 aliphatic carbocycles. The first-order valence-corrected chi connectivity index (χ1v) is 15.8. The predicted octanol–water partition coefficient (Wildman–Crippen LogP) is 3.64. The number of ether oxygens (including phenoxy) is 1. The van der Waals surface area contributed by atoms with Crippen LogP contribution in [0.4, 0.5) is 5.69 Å². The molecular formula is C33H47N5O3. The summed E-state index contributed by atoms with van der Waals surface area (Å²) in [6.45, 7) is 10.3. The summed E-state index contributed by atoms with van der Waals surface area (Å²) in [6, 6.07) is 12.6. The number of hydrogen-bond donors (Lipinski definition) is 3. The summed E-state index contributed by atoms with van der Waals surface area (Å²) >= 11 is 0. The first kappa shape index (κ1) is 28.5. The number of rotatable bonds is 7. The number of hydrogen-bond acceptors (Lipinski definition) is 7. The fourth-order valence-electron chi connectivity index (χ4n) is 7.03. The van der Waals surface area contributed by atoms with Crippen molar-refractivity contribution in [2.24, 2.45) is 0 Å². The lowest BCUT2D eigenvalue weighted by Gasteiger charge is -2.38. The molecule has 6 rings (SSSR count). The van der Waals surface area contributed by atoms with E-state index in [0.29, 0.717) is 32.1 Å². The van der Waals surface area contributed by atoms with Crippen LogP contribution in [0.15, 0.2) is 36.4 Å². The van der Waals surface area contributed by atoms with E-state index < -0.39 is 6.23 Å². The van der Waals surface area contributed by atoms with Gasteiger partial charge in [-0.1, -0.05) is 25.3 Å². The summed E-state index contributed by atoms with van der Waals surface area (Å²) in [5.74, 6) is 1.58. The molecule has 2 atom stereocenters. The van der Waals surface area contributed by atoms with E-state index in [1.807, 2.05) is 17.0 Å². The average Bonchev–Trinajstić information content (AvgIpc) is 3.54. The molecule has 3 saturated heterocycles. The molecule has 2 aromatic carbocycles. The number of carbonyl (C=O) groups is 1. The van der Waals surface area contributed by atoms with Gasteiger partial charge in [0.05, 0.1) is 0 Å². The van der Waals surface area contributed by atoms with Crippen molar-refractivity contribution in [3.63, 3.8) is 0 Å². The molecule has 1 amide bonds. The maximum Gasteiger partial charge on any atom is 0.254 e. The van der Waals surface area contributed by atoms with Crippen molar-refractivity contribution in [3.05, 3.63) is 58.7 Å². The van der Waals surface area contributed by atoms with Crippen molar-refractivity contribution in [1.29, 1.82) is 0 Å². The minimum atomic E-state index is -0.685. The van der Waals surface area contributed by atoms with Gasteiger partial charge in [0, 0.05) is 70.2 Å². The minimum absolute atomic E-state index is 0.0849. The summed E-state index contributed by atoms with van der Waals surface area (Å²) in [4.78, 5) is 19.9. The van der Waals surface area contributed by atoms with Crippen molar-refractivity contribution >= 4 is 11.6 Å². The van der Waals surface area contributed by atoms with Gasteiger partial charge >= 0.3 is 0 Å². The van der Waals surface area contributed by atoms with Crippen LogP contribution in [0.2, 0.25) is 0 Å². The van der Waals surface area contributed by atoms with E-state index in [0.717, 1.165) is 73.8 Å². The van der Waals surface area contributed by atoms with Crippen molar-refractivity contribution in [1.82, 2.24) is 20.4 Å². The molecule has 41 heavy (non-hydrogen) atoms. The molecule has 8 heteroatoms. The van der Waals surface area contributed by atoms with Crippen LogP contribution in [-0.4, -0.2) is 92.4 Å². The number of nitrogens with zero attached hydrogens (tertiary/aromatic N) is 3. The Bertz CT molecular complexity index is 1180. The molecule has 2 aromatic rings. The number of anilines is 1. The van der Waals surface area contributed by atoms with Crippen LogP contribution in [0, 0.1) is 6.92 Å². The molecule has 3 N–H and O–H groups in total. The van der Waals surface area contributed by atoms with Crippen LogP contribution < -0.4 is 20.3 Å². The number of piperazine rings is 2. The Morgan fingerprint density at radius 1 is 0.902 bits per heavy atom. The van der Waals surface area contributed by atoms with Gasteiger partial charge in [-0.25, -0.2) is 0 Å². The highest BCUT2D eigenvalue weighted by atomic mass is 16.5. The topological polar surface area (TPSA) is 80.3 Å². The number of nitrogens with one attached hydrogen (secondary N) is 2. The maximum atomic E-state index is 13.5. The van der Waals surface area contributed by atoms with Crippen LogP contribution in [0.5, 0.6) is 5.75 Å². The van der Waals surface area contributed by atoms with Gasteiger partial charge in [-0.05, 0) is 85.7 Å². The summed E-state index contributed by atoms with van der Waals surface area (Å²) < 4.78 is 6.47. The summed E-state index contributed by atoms with van der Waals surface area (Å²) in [6.07, 6.45) is 6.78. The van der Waals surface area contributed by atoms with Gasteiger partial charge in [0.1, 0.15) is 18.1 Å². The maximum absolute atomic E-state index is 13.5. The Morgan fingerprint density at radius 3 is 2.41 bits per heavy atom. The second-order valence-corrected chi connectivity index (χ2v) is 12.4. The number of carbonyl (C=O) groups excluding carboxylic acids is 1. The van der Waals surface area contributed by atoms with E-state index in [-0.39, 0.29) is 12.0 Å². The van der Waals surface area contributed by atoms with Gasteiger partial charge < -0.3 is 30.3 Å². The molecule has 4 aliphatic rings. The normalized spacial score (nSPS) is 23.5. The number of aliphatic hydroxyl groups is 1. The highest BCUT2D eigenvalue weighted by Crippen LogP contribution is 2.40. The predicted molar refractivity (Wildman–Crippen MR) is 163 cm³/mol. The Morgan fingerprint density at radius 2 is 1.68 bits per heavy atom. The zero-order valence-electron chi connectivity index (χ0n) is 24.6. The molecule has 0 spiro atoms. The first-order chi connectivity index (χ1) is 20.0. The fourth-order valence-corrected chi connectivity index (χ4v) is 7.03. The second kappa shape index (κ2) is 13.1. The quantitative estimate of drug-likeness (QED) is 0.476. The third-order valence-corrected chi connectivity index (χ3v) is 9.42. The minimum Gasteiger partial charge on any atom is -0.489 e. The van der Waals surface area contributed by atoms with Crippen LogP contribution >= 0.6 is 0 Å². The SMILES string of the molecule is Cc1cc(C(=O)N2CCN(C(O)c3ccc(O[C@H]4CCNC4)c(C4CCCCC4)c3)CC2)cc(N2CCNCC2)c1. The molecule has 3 aliphatic heterocycles. The molecule has 3 heterocycles. The highest BCUT2D eigenvalue weighted by molar-refractivity contribution is 5.95. The monoisotopic (exact) mass is 561 g/mol. The van der Waals surface area contributed by atoms with Crippen LogP contribution in [0.3, 0.4) is 0 Å². The third-order valence-electron chi connectivity index (χ3n) is 9.42. The van der Waals surface area contributed by atoms with Gasteiger partial charge in [-0.2, -0.15) is 0 Å². The molecule has 8 nitrogen and oxygen atoms in total. The van der Waals surface area contributed by atoms with Gasteiger partial charge in [-0.3, -0.25) is 9.69 Å². The van der Waals surface area contributed by atoms with Crippen molar-refractivity contribution < 1.29 is 14.6 Å². The molecule has 1 unspecified atom stereocenters. The number of amides is 1. The summed E-state index contributed by atoms with van der Waals surface area (Å²) in [5, 5.41) is 18.3. The highest BCUT2D eigenvalue weighted by Gasteiger charge is 2.29. The lowest BCUT2D eigenvalue weighted by Crippen LogP contribution is -2.49.